The third-order valence-electron chi connectivity index (χ3n) is 2.20. The second-order valence-electron chi connectivity index (χ2n) is 4.02. The Hall–Kier alpha value is -2.44. The quantitative estimate of drug-likeness (QED) is 0.485. The SMILES string of the molecule is CC(C)(Oc1cc(C=O)ccc1[N+](=O)[O-])C(=O)O. The van der Waals surface area contributed by atoms with Gasteiger partial charge in [0.2, 0.25) is 0 Å². The second kappa shape index (κ2) is 4.82. The number of hydrogen-bond acceptors (Lipinski definition) is 5. The third kappa shape index (κ3) is 2.82. The number of aliphatic carboxylic acids is 1. The van der Waals surface area contributed by atoms with Gasteiger partial charge in [-0.25, -0.2) is 4.79 Å². The van der Waals surface area contributed by atoms with Crippen LogP contribution in [0.25, 0.3) is 0 Å². The van der Waals surface area contributed by atoms with Crippen molar-refractivity contribution in [3.05, 3.63) is 33.9 Å². The average Bonchev–Trinajstić information content (AvgIpc) is 2.27. The smallest absolute Gasteiger partial charge is 0.347 e. The van der Waals surface area contributed by atoms with Crippen molar-refractivity contribution >= 4 is 17.9 Å². The highest BCUT2D eigenvalue weighted by Gasteiger charge is 2.32. The van der Waals surface area contributed by atoms with E-state index in [2.05, 4.69) is 0 Å². The van der Waals surface area contributed by atoms with Crippen molar-refractivity contribution in [2.75, 3.05) is 0 Å². The monoisotopic (exact) mass is 253 g/mol. The van der Waals surface area contributed by atoms with Gasteiger partial charge in [0.05, 0.1) is 4.92 Å². The first kappa shape index (κ1) is 13.6. The summed E-state index contributed by atoms with van der Waals surface area (Å²) in [5.74, 6) is -1.52. The fourth-order valence-corrected chi connectivity index (χ4v) is 1.16. The Morgan fingerprint density at radius 2 is 2.11 bits per heavy atom. The summed E-state index contributed by atoms with van der Waals surface area (Å²) in [6, 6.07) is 3.48. The first-order chi connectivity index (χ1) is 8.27. The van der Waals surface area contributed by atoms with Crippen molar-refractivity contribution < 1.29 is 24.4 Å². The number of nitro benzene ring substituents is 1. The van der Waals surface area contributed by atoms with Gasteiger partial charge >= 0.3 is 11.7 Å². The van der Waals surface area contributed by atoms with Crippen LogP contribution in [0.5, 0.6) is 5.75 Å². The molecule has 7 heteroatoms. The summed E-state index contributed by atoms with van der Waals surface area (Å²) in [5, 5.41) is 19.7. The van der Waals surface area contributed by atoms with E-state index in [-0.39, 0.29) is 11.3 Å². The van der Waals surface area contributed by atoms with Crippen LogP contribution in [0.15, 0.2) is 18.2 Å². The van der Waals surface area contributed by atoms with Crippen LogP contribution in [-0.2, 0) is 4.79 Å². The Morgan fingerprint density at radius 3 is 2.56 bits per heavy atom. The van der Waals surface area contributed by atoms with Crippen LogP contribution in [0.3, 0.4) is 0 Å². The number of carbonyl (C=O) groups excluding carboxylic acids is 1. The molecule has 0 radical (unpaired) electrons. The number of rotatable bonds is 5. The maximum Gasteiger partial charge on any atom is 0.347 e. The number of hydrogen-bond donors (Lipinski definition) is 1. The van der Waals surface area contributed by atoms with Gasteiger partial charge < -0.3 is 9.84 Å². The minimum Gasteiger partial charge on any atom is -0.478 e. The van der Waals surface area contributed by atoms with Crippen LogP contribution in [0.1, 0.15) is 24.2 Å². The van der Waals surface area contributed by atoms with Gasteiger partial charge in [0.25, 0.3) is 0 Å². The third-order valence-corrected chi connectivity index (χ3v) is 2.20. The number of carboxylic acids is 1. The van der Waals surface area contributed by atoms with E-state index < -0.39 is 22.2 Å². The van der Waals surface area contributed by atoms with Gasteiger partial charge in [-0.3, -0.25) is 14.9 Å². The minimum absolute atomic E-state index is 0.164. The van der Waals surface area contributed by atoms with Crippen LogP contribution < -0.4 is 4.74 Å². The molecule has 0 aromatic heterocycles. The molecule has 0 aliphatic carbocycles. The fourth-order valence-electron chi connectivity index (χ4n) is 1.16. The maximum absolute atomic E-state index is 10.9. The number of ether oxygens (including phenoxy) is 1. The van der Waals surface area contributed by atoms with Crippen LogP contribution in [0.2, 0.25) is 0 Å². The lowest BCUT2D eigenvalue weighted by Crippen LogP contribution is -2.38. The second-order valence-corrected chi connectivity index (χ2v) is 4.02. The Balaban J connectivity index is 3.24. The highest BCUT2D eigenvalue weighted by atomic mass is 16.6. The molecule has 0 unspecified atom stereocenters. The molecule has 0 saturated heterocycles. The van der Waals surface area contributed by atoms with Crippen LogP contribution in [0.4, 0.5) is 5.69 Å². The van der Waals surface area contributed by atoms with Crippen molar-refractivity contribution in [1.29, 1.82) is 0 Å². The molecular weight excluding hydrogens is 242 g/mol. The minimum atomic E-state index is -1.63. The molecule has 0 bridgehead atoms. The number of carbonyl (C=O) groups is 2. The summed E-state index contributed by atoms with van der Waals surface area (Å²) in [6.45, 7) is 2.51. The van der Waals surface area contributed by atoms with Gasteiger partial charge in [-0.2, -0.15) is 0 Å². The predicted molar refractivity (Wildman–Crippen MR) is 60.8 cm³/mol. The average molecular weight is 253 g/mol. The molecule has 0 amide bonds. The van der Waals surface area contributed by atoms with Gasteiger partial charge in [-0.1, -0.05) is 0 Å². The lowest BCUT2D eigenvalue weighted by Gasteiger charge is -2.21. The number of nitrogens with zero attached hydrogens (tertiary/aromatic N) is 1. The fraction of sp³-hybridized carbons (Fsp3) is 0.273. The first-order valence-electron chi connectivity index (χ1n) is 4.94. The van der Waals surface area contributed by atoms with E-state index in [1.54, 1.807) is 0 Å². The Kier molecular flexibility index (Phi) is 3.65. The van der Waals surface area contributed by atoms with E-state index in [0.29, 0.717) is 6.29 Å². The zero-order valence-corrected chi connectivity index (χ0v) is 9.75. The number of nitro groups is 1. The van der Waals surface area contributed by atoms with Gasteiger partial charge in [0.1, 0.15) is 6.29 Å². The zero-order chi connectivity index (χ0) is 13.9. The molecule has 0 heterocycles. The summed E-state index contributed by atoms with van der Waals surface area (Å²) in [5.41, 5.74) is -1.86. The first-order valence-corrected chi connectivity index (χ1v) is 4.94. The molecule has 0 spiro atoms. The molecule has 0 atom stereocenters. The standard InChI is InChI=1S/C11H11NO6/c1-11(2,10(14)15)18-9-5-7(6-13)3-4-8(9)12(16)17/h3-6H,1-2H3,(H,14,15). The maximum atomic E-state index is 10.9. The Morgan fingerprint density at radius 1 is 1.50 bits per heavy atom. The highest BCUT2D eigenvalue weighted by molar-refractivity contribution is 5.79. The summed E-state index contributed by atoms with van der Waals surface area (Å²) < 4.78 is 5.10. The predicted octanol–water partition coefficient (Wildman–Crippen LogP) is 1.65. The van der Waals surface area contributed by atoms with Crippen LogP contribution in [-0.4, -0.2) is 27.9 Å². The molecule has 0 saturated carbocycles. The summed E-state index contributed by atoms with van der Waals surface area (Å²) in [4.78, 5) is 31.6. The van der Waals surface area contributed by atoms with E-state index in [0.717, 1.165) is 12.1 Å². The van der Waals surface area contributed by atoms with Crippen LogP contribution >= 0.6 is 0 Å². The normalized spacial score (nSPS) is 10.8. The van der Waals surface area contributed by atoms with E-state index in [1.165, 1.54) is 19.9 Å². The molecule has 0 aliphatic heterocycles. The largest absolute Gasteiger partial charge is 0.478 e. The van der Waals surface area contributed by atoms with Gasteiger partial charge in [0.15, 0.2) is 11.4 Å². The molecule has 1 aromatic carbocycles. The molecule has 7 nitrogen and oxygen atoms in total. The molecule has 18 heavy (non-hydrogen) atoms. The molecule has 0 fully saturated rings. The van der Waals surface area contributed by atoms with E-state index in [1.807, 2.05) is 0 Å². The summed E-state index contributed by atoms with van der Waals surface area (Å²) >= 11 is 0. The topological polar surface area (TPSA) is 107 Å². The molecule has 1 N–H and O–H groups in total. The molecule has 96 valence electrons. The summed E-state index contributed by atoms with van der Waals surface area (Å²) in [7, 11) is 0. The highest BCUT2D eigenvalue weighted by Crippen LogP contribution is 2.30. The van der Waals surface area contributed by atoms with Crippen LogP contribution in [0, 0.1) is 10.1 Å². The van der Waals surface area contributed by atoms with Crippen molar-refractivity contribution in [3.8, 4) is 5.75 Å². The van der Waals surface area contributed by atoms with Gasteiger partial charge in [0, 0.05) is 11.6 Å². The van der Waals surface area contributed by atoms with Gasteiger partial charge in [-0.05, 0) is 26.0 Å². The Bertz CT molecular complexity index is 508. The lowest BCUT2D eigenvalue weighted by molar-refractivity contribution is -0.386. The lowest BCUT2D eigenvalue weighted by atomic mass is 10.1. The van der Waals surface area contributed by atoms with E-state index in [4.69, 9.17) is 9.84 Å². The molecule has 0 aliphatic rings. The van der Waals surface area contributed by atoms with Crippen molar-refractivity contribution in [3.63, 3.8) is 0 Å². The van der Waals surface area contributed by atoms with Gasteiger partial charge in [-0.15, -0.1) is 0 Å². The molecule has 1 aromatic rings. The number of carboxylic acid groups (broad SMARTS) is 1. The van der Waals surface area contributed by atoms with Crippen molar-refractivity contribution in [2.45, 2.75) is 19.4 Å². The number of aldehydes is 1. The van der Waals surface area contributed by atoms with Crippen molar-refractivity contribution in [1.82, 2.24) is 0 Å². The zero-order valence-electron chi connectivity index (χ0n) is 9.75. The Labute approximate surface area is 102 Å². The van der Waals surface area contributed by atoms with E-state index in [9.17, 15) is 19.7 Å². The molecular formula is C11H11NO6. The summed E-state index contributed by atoms with van der Waals surface area (Å²) in [6.07, 6.45) is 0.490. The van der Waals surface area contributed by atoms with Crippen molar-refractivity contribution in [2.24, 2.45) is 0 Å². The molecule has 1 rings (SSSR count). The van der Waals surface area contributed by atoms with E-state index >= 15 is 0 Å². The number of benzene rings is 1.